The van der Waals surface area contributed by atoms with Gasteiger partial charge < -0.3 is 10.2 Å². The standard InChI is InChI=1S/C16H19BrClN3/c1-3-19-10-15-14(18)8-9-16(20-15)21(2)11-12-6-4-5-7-13(12)17/h4-9,19H,3,10-11H2,1-2H3. The van der Waals surface area contributed by atoms with Gasteiger partial charge in [0, 0.05) is 24.6 Å². The number of hydrogen-bond acceptors (Lipinski definition) is 3. The van der Waals surface area contributed by atoms with Gasteiger partial charge in [-0.3, -0.25) is 0 Å². The fourth-order valence-corrected chi connectivity index (χ4v) is 2.60. The Kier molecular flexibility index (Phi) is 6.03. The SMILES string of the molecule is CCNCc1nc(N(C)Cc2ccccc2Br)ccc1Cl. The monoisotopic (exact) mass is 367 g/mol. The third kappa shape index (κ3) is 4.43. The summed E-state index contributed by atoms with van der Waals surface area (Å²) in [4.78, 5) is 6.77. The first-order valence-corrected chi connectivity index (χ1v) is 8.09. The van der Waals surface area contributed by atoms with Crippen molar-refractivity contribution in [1.29, 1.82) is 0 Å². The van der Waals surface area contributed by atoms with Crippen LogP contribution in [-0.4, -0.2) is 18.6 Å². The van der Waals surface area contributed by atoms with Crippen molar-refractivity contribution in [3.8, 4) is 0 Å². The molecule has 0 aliphatic carbocycles. The number of anilines is 1. The molecule has 0 unspecified atom stereocenters. The van der Waals surface area contributed by atoms with Crippen molar-refractivity contribution in [3.63, 3.8) is 0 Å². The average Bonchev–Trinajstić information content (AvgIpc) is 2.48. The predicted octanol–water partition coefficient (Wildman–Crippen LogP) is 4.24. The van der Waals surface area contributed by atoms with Gasteiger partial charge in [0.05, 0.1) is 10.7 Å². The van der Waals surface area contributed by atoms with E-state index in [1.165, 1.54) is 5.56 Å². The van der Waals surface area contributed by atoms with Gasteiger partial charge in [0.25, 0.3) is 0 Å². The molecule has 2 aromatic rings. The third-order valence-corrected chi connectivity index (χ3v) is 4.32. The van der Waals surface area contributed by atoms with E-state index in [1.807, 2.05) is 31.3 Å². The van der Waals surface area contributed by atoms with E-state index in [0.29, 0.717) is 11.6 Å². The van der Waals surface area contributed by atoms with E-state index in [2.05, 4.69) is 50.2 Å². The van der Waals surface area contributed by atoms with E-state index in [0.717, 1.165) is 29.1 Å². The Morgan fingerprint density at radius 3 is 2.71 bits per heavy atom. The van der Waals surface area contributed by atoms with Crippen molar-refractivity contribution >= 4 is 33.3 Å². The lowest BCUT2D eigenvalue weighted by Gasteiger charge is -2.20. The zero-order chi connectivity index (χ0) is 15.2. The molecule has 0 radical (unpaired) electrons. The maximum atomic E-state index is 6.19. The van der Waals surface area contributed by atoms with Crippen LogP contribution in [-0.2, 0) is 13.1 Å². The van der Waals surface area contributed by atoms with Crippen LogP contribution >= 0.6 is 27.5 Å². The number of hydrogen-bond donors (Lipinski definition) is 1. The molecule has 0 saturated heterocycles. The molecule has 5 heteroatoms. The summed E-state index contributed by atoms with van der Waals surface area (Å²) >= 11 is 9.77. The maximum Gasteiger partial charge on any atom is 0.129 e. The quantitative estimate of drug-likeness (QED) is 0.826. The van der Waals surface area contributed by atoms with Gasteiger partial charge in [0.2, 0.25) is 0 Å². The minimum atomic E-state index is 0.687. The van der Waals surface area contributed by atoms with Crippen LogP contribution in [0.5, 0.6) is 0 Å². The molecule has 1 heterocycles. The molecule has 0 amide bonds. The van der Waals surface area contributed by atoms with Crippen molar-refractivity contribution in [2.75, 3.05) is 18.5 Å². The number of rotatable bonds is 6. The van der Waals surface area contributed by atoms with E-state index in [1.54, 1.807) is 0 Å². The lowest BCUT2D eigenvalue weighted by Crippen LogP contribution is -2.20. The van der Waals surface area contributed by atoms with E-state index in [4.69, 9.17) is 11.6 Å². The summed E-state index contributed by atoms with van der Waals surface area (Å²) in [6.07, 6.45) is 0. The molecule has 1 N–H and O–H groups in total. The minimum absolute atomic E-state index is 0.687. The molecular weight excluding hydrogens is 350 g/mol. The van der Waals surface area contributed by atoms with Gasteiger partial charge in [0.15, 0.2) is 0 Å². The molecule has 3 nitrogen and oxygen atoms in total. The van der Waals surface area contributed by atoms with Gasteiger partial charge in [-0.05, 0) is 30.3 Å². The Morgan fingerprint density at radius 2 is 2.00 bits per heavy atom. The molecule has 1 aromatic carbocycles. The van der Waals surface area contributed by atoms with E-state index in [-0.39, 0.29) is 0 Å². The topological polar surface area (TPSA) is 28.2 Å². The highest BCUT2D eigenvalue weighted by Crippen LogP contribution is 2.22. The van der Waals surface area contributed by atoms with Crippen LogP contribution in [0, 0.1) is 0 Å². The van der Waals surface area contributed by atoms with E-state index >= 15 is 0 Å². The molecule has 0 fully saturated rings. The fourth-order valence-electron chi connectivity index (χ4n) is 2.02. The zero-order valence-corrected chi connectivity index (χ0v) is 14.6. The first kappa shape index (κ1) is 16.3. The molecule has 0 spiro atoms. The number of pyridine rings is 1. The fraction of sp³-hybridized carbons (Fsp3) is 0.312. The molecule has 0 aliphatic heterocycles. The van der Waals surface area contributed by atoms with Crippen LogP contribution in [0.25, 0.3) is 0 Å². The summed E-state index contributed by atoms with van der Waals surface area (Å²) in [5.74, 6) is 0.919. The lowest BCUT2D eigenvalue weighted by molar-refractivity contribution is 0.708. The number of nitrogens with one attached hydrogen (secondary N) is 1. The molecule has 0 saturated carbocycles. The summed E-state index contributed by atoms with van der Waals surface area (Å²) in [7, 11) is 2.03. The van der Waals surface area contributed by atoms with Crippen LogP contribution in [0.2, 0.25) is 5.02 Å². The van der Waals surface area contributed by atoms with Crippen LogP contribution in [0.15, 0.2) is 40.9 Å². The minimum Gasteiger partial charge on any atom is -0.355 e. The largest absolute Gasteiger partial charge is 0.355 e. The Morgan fingerprint density at radius 1 is 1.24 bits per heavy atom. The van der Waals surface area contributed by atoms with Crippen LogP contribution in [0.1, 0.15) is 18.2 Å². The van der Waals surface area contributed by atoms with Gasteiger partial charge in [0.1, 0.15) is 5.82 Å². The van der Waals surface area contributed by atoms with Crippen molar-refractivity contribution < 1.29 is 0 Å². The molecule has 112 valence electrons. The Bertz CT molecular complexity index is 604. The highest BCUT2D eigenvalue weighted by atomic mass is 79.9. The highest BCUT2D eigenvalue weighted by Gasteiger charge is 2.09. The predicted molar refractivity (Wildman–Crippen MR) is 92.9 cm³/mol. The van der Waals surface area contributed by atoms with Gasteiger partial charge >= 0.3 is 0 Å². The second-order valence-electron chi connectivity index (χ2n) is 4.83. The summed E-state index contributed by atoms with van der Waals surface area (Å²) in [6.45, 7) is 4.44. The number of nitrogens with zero attached hydrogens (tertiary/aromatic N) is 2. The van der Waals surface area contributed by atoms with Gasteiger partial charge in [-0.25, -0.2) is 4.98 Å². The average molecular weight is 369 g/mol. The van der Waals surface area contributed by atoms with E-state index in [9.17, 15) is 0 Å². The molecule has 0 atom stereocenters. The summed E-state index contributed by atoms with van der Waals surface area (Å²) in [6, 6.07) is 12.1. The maximum absolute atomic E-state index is 6.19. The smallest absolute Gasteiger partial charge is 0.129 e. The lowest BCUT2D eigenvalue weighted by atomic mass is 10.2. The van der Waals surface area contributed by atoms with Gasteiger partial charge in [-0.15, -0.1) is 0 Å². The van der Waals surface area contributed by atoms with Crippen molar-refractivity contribution in [2.24, 2.45) is 0 Å². The first-order valence-electron chi connectivity index (χ1n) is 6.92. The first-order chi connectivity index (χ1) is 10.1. The number of halogens is 2. The molecule has 0 bridgehead atoms. The van der Waals surface area contributed by atoms with E-state index < -0.39 is 0 Å². The van der Waals surface area contributed by atoms with Crippen LogP contribution in [0.3, 0.4) is 0 Å². The number of aromatic nitrogens is 1. The molecular formula is C16H19BrClN3. The van der Waals surface area contributed by atoms with Crippen molar-refractivity contribution in [1.82, 2.24) is 10.3 Å². The normalized spacial score (nSPS) is 10.7. The van der Waals surface area contributed by atoms with Crippen molar-refractivity contribution in [2.45, 2.75) is 20.0 Å². The molecule has 2 rings (SSSR count). The van der Waals surface area contributed by atoms with Crippen LogP contribution in [0.4, 0.5) is 5.82 Å². The second kappa shape index (κ2) is 7.78. The van der Waals surface area contributed by atoms with Crippen LogP contribution < -0.4 is 10.2 Å². The summed E-state index contributed by atoms with van der Waals surface area (Å²) in [5.41, 5.74) is 2.11. The molecule has 1 aromatic heterocycles. The zero-order valence-electron chi connectivity index (χ0n) is 12.2. The van der Waals surface area contributed by atoms with Gasteiger partial charge in [-0.2, -0.15) is 0 Å². The molecule has 0 aliphatic rings. The summed E-state index contributed by atoms with van der Waals surface area (Å²) < 4.78 is 1.11. The molecule has 21 heavy (non-hydrogen) atoms. The highest BCUT2D eigenvalue weighted by molar-refractivity contribution is 9.10. The van der Waals surface area contributed by atoms with Crippen molar-refractivity contribution in [3.05, 3.63) is 57.2 Å². The Labute approximate surface area is 139 Å². The second-order valence-corrected chi connectivity index (χ2v) is 6.09. The Balaban J connectivity index is 2.15. The Hall–Kier alpha value is -1.10. The number of benzene rings is 1. The van der Waals surface area contributed by atoms with Gasteiger partial charge in [-0.1, -0.05) is 52.7 Å². The third-order valence-electron chi connectivity index (χ3n) is 3.20. The summed E-state index contributed by atoms with van der Waals surface area (Å²) in [5, 5.41) is 3.96.